The van der Waals surface area contributed by atoms with Gasteiger partial charge >= 0.3 is 0 Å². The summed E-state index contributed by atoms with van der Waals surface area (Å²) >= 11 is 7.13. The average Bonchev–Trinajstić information content (AvgIpc) is 3.30. The number of anilines is 1. The molecule has 2 aromatic heterocycles. The topological polar surface area (TPSA) is 147 Å². The Morgan fingerprint density at radius 1 is 1.50 bits per heavy atom. The maximum Gasteiger partial charge on any atom is 0.287 e. The zero-order chi connectivity index (χ0) is 20.5. The Morgan fingerprint density at radius 3 is 2.86 bits per heavy atom. The highest BCUT2D eigenvalue weighted by Gasteiger charge is 2.33. The third-order valence-corrected chi connectivity index (χ3v) is 6.20. The summed E-state index contributed by atoms with van der Waals surface area (Å²) in [6.07, 6.45) is 0.305. The molecule has 5 N–H and O–H groups in total. The zero-order valence-electron chi connectivity index (χ0n) is 15.5. The number of nitrogens with zero attached hydrogens (tertiary/aromatic N) is 4. The summed E-state index contributed by atoms with van der Waals surface area (Å²) in [7, 11) is 0. The third-order valence-electron chi connectivity index (χ3n) is 4.65. The van der Waals surface area contributed by atoms with Crippen LogP contribution in [-0.2, 0) is 12.0 Å². The fourth-order valence-corrected chi connectivity index (χ4v) is 4.05. The second kappa shape index (κ2) is 8.29. The van der Waals surface area contributed by atoms with Crippen LogP contribution in [0.3, 0.4) is 0 Å². The van der Waals surface area contributed by atoms with Crippen molar-refractivity contribution in [3.8, 4) is 0 Å². The lowest BCUT2D eigenvalue weighted by Gasteiger charge is -2.35. The molecule has 0 radical (unpaired) electrons. The monoisotopic (exact) mass is 430 g/mol. The van der Waals surface area contributed by atoms with Crippen molar-refractivity contribution >= 4 is 34.0 Å². The standard InChI is InChI=1S/C16H23ClN6O4S/c1-3-8-11(17)20-12(18-8)13(26)19-9-4-5-23(6-10(9)25)15-22-21-14(28-15)16(2,27)7-24/h9-10,24-25,27H,3-7H2,1-2H3,(H,18,20)(H,19,26)/t9-,10+,16+/m1/s1. The molecule has 2 aromatic rings. The highest BCUT2D eigenvalue weighted by Crippen LogP contribution is 2.30. The van der Waals surface area contributed by atoms with Crippen LogP contribution in [0.25, 0.3) is 0 Å². The number of carbonyl (C=O) groups is 1. The highest BCUT2D eigenvalue weighted by molar-refractivity contribution is 7.15. The van der Waals surface area contributed by atoms with E-state index in [9.17, 15) is 20.1 Å². The summed E-state index contributed by atoms with van der Waals surface area (Å²) in [6, 6.07) is -0.439. The number of hydrogen-bond donors (Lipinski definition) is 5. The van der Waals surface area contributed by atoms with Gasteiger partial charge in [0.1, 0.15) is 5.60 Å². The summed E-state index contributed by atoms with van der Waals surface area (Å²) in [5.41, 5.74) is -0.768. The van der Waals surface area contributed by atoms with Crippen molar-refractivity contribution in [1.82, 2.24) is 25.5 Å². The minimum Gasteiger partial charge on any atom is -0.393 e. The van der Waals surface area contributed by atoms with Crippen molar-refractivity contribution < 1.29 is 20.1 Å². The van der Waals surface area contributed by atoms with Gasteiger partial charge in [-0.15, -0.1) is 10.2 Å². The molecule has 1 aliphatic rings. The molecule has 1 aliphatic heterocycles. The number of aliphatic hydroxyl groups excluding tert-OH is 2. The van der Waals surface area contributed by atoms with Crippen molar-refractivity contribution in [3.05, 3.63) is 21.7 Å². The number of β-amino-alcohol motifs (C(OH)–C–C–N with tert-alkyl or cyclic N) is 1. The Labute approximate surface area is 170 Å². The number of rotatable bonds is 6. The third kappa shape index (κ3) is 4.28. The van der Waals surface area contributed by atoms with Gasteiger partial charge in [-0.05, 0) is 19.8 Å². The van der Waals surface area contributed by atoms with Crippen LogP contribution in [0.15, 0.2) is 0 Å². The van der Waals surface area contributed by atoms with Gasteiger partial charge in [0.05, 0.1) is 24.4 Å². The van der Waals surface area contributed by atoms with Crippen molar-refractivity contribution in [2.75, 3.05) is 24.6 Å². The normalized spacial score (nSPS) is 22.1. The second-order valence-electron chi connectivity index (χ2n) is 6.91. The quantitative estimate of drug-likeness (QED) is 0.431. The Hall–Kier alpha value is -1.79. The number of amides is 1. The number of carbonyl (C=O) groups excluding carboxylic acids is 1. The number of H-pyrrole nitrogens is 1. The smallest absolute Gasteiger partial charge is 0.287 e. The molecule has 1 amide bonds. The molecule has 0 aromatic carbocycles. The maximum atomic E-state index is 12.4. The molecular weight excluding hydrogens is 408 g/mol. The first-order valence-electron chi connectivity index (χ1n) is 8.90. The molecule has 3 heterocycles. The van der Waals surface area contributed by atoms with E-state index < -0.39 is 30.3 Å². The van der Waals surface area contributed by atoms with Crippen LogP contribution in [0.5, 0.6) is 0 Å². The first kappa shape index (κ1) is 20.9. The van der Waals surface area contributed by atoms with Gasteiger partial charge in [-0.25, -0.2) is 4.98 Å². The largest absolute Gasteiger partial charge is 0.393 e. The summed E-state index contributed by atoms with van der Waals surface area (Å²) in [4.78, 5) is 21.1. The number of halogens is 1. The predicted octanol–water partition coefficient (Wildman–Crippen LogP) is 0.0464. The van der Waals surface area contributed by atoms with Crippen LogP contribution in [0.4, 0.5) is 5.13 Å². The number of imidazole rings is 1. The molecule has 0 aliphatic carbocycles. The van der Waals surface area contributed by atoms with Crippen LogP contribution >= 0.6 is 22.9 Å². The molecule has 3 rings (SSSR count). The van der Waals surface area contributed by atoms with Gasteiger partial charge in [-0.2, -0.15) is 0 Å². The molecule has 1 fully saturated rings. The maximum absolute atomic E-state index is 12.4. The van der Waals surface area contributed by atoms with E-state index >= 15 is 0 Å². The Kier molecular flexibility index (Phi) is 6.20. The predicted molar refractivity (Wildman–Crippen MR) is 104 cm³/mol. The van der Waals surface area contributed by atoms with E-state index in [1.54, 1.807) is 0 Å². The number of aryl methyl sites for hydroxylation is 1. The minimum atomic E-state index is -1.46. The molecular formula is C16H23ClN6O4S. The number of aromatic nitrogens is 4. The Morgan fingerprint density at radius 2 is 2.25 bits per heavy atom. The number of aliphatic hydroxyl groups is 3. The van der Waals surface area contributed by atoms with E-state index in [1.165, 1.54) is 6.92 Å². The van der Waals surface area contributed by atoms with E-state index in [-0.39, 0.29) is 17.5 Å². The number of hydrogen-bond acceptors (Lipinski definition) is 9. The van der Waals surface area contributed by atoms with E-state index in [4.69, 9.17) is 11.6 Å². The lowest BCUT2D eigenvalue weighted by Crippen LogP contribution is -2.54. The van der Waals surface area contributed by atoms with Crippen LogP contribution < -0.4 is 10.2 Å². The summed E-state index contributed by atoms with van der Waals surface area (Å²) in [5.74, 6) is -0.298. The van der Waals surface area contributed by atoms with E-state index in [2.05, 4.69) is 25.5 Å². The lowest BCUT2D eigenvalue weighted by atomic mass is 10.0. The van der Waals surface area contributed by atoms with Gasteiger partial charge in [-0.1, -0.05) is 29.9 Å². The van der Waals surface area contributed by atoms with Gasteiger partial charge in [0.25, 0.3) is 5.91 Å². The van der Waals surface area contributed by atoms with E-state index in [0.29, 0.717) is 35.2 Å². The summed E-state index contributed by atoms with van der Waals surface area (Å²) in [6.45, 7) is 3.68. The number of nitrogens with one attached hydrogen (secondary N) is 2. The van der Waals surface area contributed by atoms with Crippen molar-refractivity contribution in [2.24, 2.45) is 0 Å². The van der Waals surface area contributed by atoms with Crippen LogP contribution in [0.1, 0.15) is 41.6 Å². The minimum absolute atomic E-state index is 0.122. The highest BCUT2D eigenvalue weighted by atomic mass is 35.5. The molecule has 0 unspecified atom stereocenters. The Bertz CT molecular complexity index is 841. The van der Waals surface area contributed by atoms with Gasteiger partial charge < -0.3 is 30.5 Å². The SMILES string of the molecule is CCc1[nH]c(C(=O)N[C@@H]2CCN(c3nnc([C@@](C)(O)CO)s3)C[C@@H]2O)nc1Cl. The summed E-state index contributed by atoms with van der Waals surface area (Å²) in [5, 5.41) is 41.6. The first-order chi connectivity index (χ1) is 13.2. The zero-order valence-corrected chi connectivity index (χ0v) is 17.1. The van der Waals surface area contributed by atoms with E-state index in [1.807, 2.05) is 11.8 Å². The average molecular weight is 431 g/mol. The van der Waals surface area contributed by atoms with Gasteiger partial charge in [0.15, 0.2) is 16.0 Å². The summed E-state index contributed by atoms with van der Waals surface area (Å²) < 4.78 is 0. The molecule has 0 spiro atoms. The van der Waals surface area contributed by atoms with Crippen LogP contribution in [0, 0.1) is 0 Å². The molecule has 3 atom stereocenters. The molecule has 154 valence electrons. The van der Waals surface area contributed by atoms with Gasteiger partial charge in [-0.3, -0.25) is 4.79 Å². The Balaban J connectivity index is 1.61. The van der Waals surface area contributed by atoms with Gasteiger partial charge in [0.2, 0.25) is 5.13 Å². The molecule has 1 saturated heterocycles. The second-order valence-corrected chi connectivity index (χ2v) is 8.23. The molecule has 12 heteroatoms. The van der Waals surface area contributed by atoms with Gasteiger partial charge in [0, 0.05) is 13.1 Å². The number of aromatic amines is 1. The fraction of sp³-hybridized carbons (Fsp3) is 0.625. The molecule has 10 nitrogen and oxygen atoms in total. The van der Waals surface area contributed by atoms with Crippen molar-refractivity contribution in [3.63, 3.8) is 0 Å². The van der Waals surface area contributed by atoms with Crippen molar-refractivity contribution in [2.45, 2.75) is 44.4 Å². The van der Waals surface area contributed by atoms with Crippen LogP contribution in [-0.4, -0.2) is 73.2 Å². The van der Waals surface area contributed by atoms with Crippen LogP contribution in [0.2, 0.25) is 5.15 Å². The molecule has 0 saturated carbocycles. The van der Waals surface area contributed by atoms with E-state index in [0.717, 1.165) is 11.3 Å². The fourth-order valence-electron chi connectivity index (χ4n) is 2.87. The molecule has 28 heavy (non-hydrogen) atoms. The first-order valence-corrected chi connectivity index (χ1v) is 10.1. The number of piperidine rings is 1. The lowest BCUT2D eigenvalue weighted by molar-refractivity contribution is -0.00294. The van der Waals surface area contributed by atoms with Crippen molar-refractivity contribution in [1.29, 1.82) is 0 Å². The molecule has 0 bridgehead atoms.